The first-order valence-corrected chi connectivity index (χ1v) is 8.28. The van der Waals surface area contributed by atoms with Gasteiger partial charge in [-0.15, -0.1) is 0 Å². The van der Waals surface area contributed by atoms with Crippen molar-refractivity contribution in [2.75, 3.05) is 18.9 Å². The van der Waals surface area contributed by atoms with E-state index in [2.05, 4.69) is 9.46 Å². The van der Waals surface area contributed by atoms with Crippen LogP contribution in [-0.4, -0.2) is 28.6 Å². The van der Waals surface area contributed by atoms with Gasteiger partial charge in [-0.2, -0.15) is 0 Å². The highest BCUT2D eigenvalue weighted by atomic mass is 35.5. The van der Waals surface area contributed by atoms with Gasteiger partial charge in [0, 0.05) is 5.02 Å². The minimum Gasteiger partial charge on any atom is -0.495 e. The lowest BCUT2D eigenvalue weighted by Crippen LogP contribution is -2.14. The summed E-state index contributed by atoms with van der Waals surface area (Å²) < 4.78 is 36.9. The van der Waals surface area contributed by atoms with Crippen LogP contribution in [0.1, 0.15) is 10.4 Å². The standard InChI is InChI=1S/C15H14ClNO5S/c1-21-14-8-3-10(15(18)22-2)9-13(14)17-23(19,20)12-6-4-11(16)5-7-12/h3-9,17H,1-2H3. The number of methoxy groups -OCH3 is 2. The van der Waals surface area contributed by atoms with Crippen molar-refractivity contribution in [2.24, 2.45) is 0 Å². The zero-order valence-electron chi connectivity index (χ0n) is 12.4. The molecule has 0 radical (unpaired) electrons. The molecule has 0 aliphatic carbocycles. The van der Waals surface area contributed by atoms with Gasteiger partial charge in [0.15, 0.2) is 0 Å². The highest BCUT2D eigenvalue weighted by molar-refractivity contribution is 7.92. The van der Waals surface area contributed by atoms with Crippen molar-refractivity contribution < 1.29 is 22.7 Å². The smallest absolute Gasteiger partial charge is 0.337 e. The van der Waals surface area contributed by atoms with E-state index in [0.717, 1.165) is 0 Å². The molecule has 2 aromatic carbocycles. The maximum Gasteiger partial charge on any atom is 0.337 e. The number of anilines is 1. The normalized spacial score (nSPS) is 10.9. The van der Waals surface area contributed by atoms with Crippen molar-refractivity contribution in [3.8, 4) is 5.75 Å². The summed E-state index contributed by atoms with van der Waals surface area (Å²) in [4.78, 5) is 11.6. The molecule has 0 aromatic heterocycles. The number of hydrogen-bond acceptors (Lipinski definition) is 5. The quantitative estimate of drug-likeness (QED) is 0.834. The number of carbonyl (C=O) groups excluding carboxylic acids is 1. The highest BCUT2D eigenvalue weighted by Gasteiger charge is 2.18. The monoisotopic (exact) mass is 355 g/mol. The van der Waals surface area contributed by atoms with Gasteiger partial charge < -0.3 is 9.47 Å². The molecule has 0 heterocycles. The van der Waals surface area contributed by atoms with Crippen molar-refractivity contribution in [3.63, 3.8) is 0 Å². The number of esters is 1. The molecule has 2 rings (SSSR count). The minimum absolute atomic E-state index is 0.0347. The number of ether oxygens (including phenoxy) is 2. The molecule has 0 fully saturated rings. The second kappa shape index (κ2) is 6.89. The molecular weight excluding hydrogens is 342 g/mol. The Morgan fingerprint density at radius 3 is 2.30 bits per heavy atom. The number of rotatable bonds is 5. The maximum atomic E-state index is 12.4. The second-order valence-corrected chi connectivity index (χ2v) is 6.58. The Bertz CT molecular complexity index is 818. The number of halogens is 1. The molecule has 0 saturated carbocycles. The molecule has 0 unspecified atom stereocenters. The first-order chi connectivity index (χ1) is 10.9. The van der Waals surface area contributed by atoms with Gasteiger partial charge in [0.25, 0.3) is 10.0 Å². The van der Waals surface area contributed by atoms with Crippen molar-refractivity contribution in [1.29, 1.82) is 0 Å². The van der Waals surface area contributed by atoms with Crippen LogP contribution in [0.25, 0.3) is 0 Å². The molecule has 0 bridgehead atoms. The summed E-state index contributed by atoms with van der Waals surface area (Å²) in [5.41, 5.74) is 0.326. The van der Waals surface area contributed by atoms with Crippen LogP contribution in [0.5, 0.6) is 5.75 Å². The summed E-state index contributed by atoms with van der Waals surface area (Å²) in [5.74, 6) is -0.310. The molecule has 23 heavy (non-hydrogen) atoms. The zero-order valence-corrected chi connectivity index (χ0v) is 13.9. The van der Waals surface area contributed by atoms with Gasteiger partial charge in [-0.1, -0.05) is 11.6 Å². The van der Waals surface area contributed by atoms with Crippen molar-refractivity contribution in [2.45, 2.75) is 4.90 Å². The second-order valence-electron chi connectivity index (χ2n) is 4.47. The Hall–Kier alpha value is -2.25. The maximum absolute atomic E-state index is 12.4. The largest absolute Gasteiger partial charge is 0.495 e. The van der Waals surface area contributed by atoms with E-state index in [-0.39, 0.29) is 21.9 Å². The molecule has 0 aliphatic heterocycles. The Labute approximate surface area is 139 Å². The SMILES string of the molecule is COC(=O)c1ccc(OC)c(NS(=O)(=O)c2ccc(Cl)cc2)c1. The fourth-order valence-electron chi connectivity index (χ4n) is 1.85. The number of nitrogens with one attached hydrogen (secondary N) is 1. The van der Waals surface area contributed by atoms with Crippen LogP contribution in [0.2, 0.25) is 5.02 Å². The summed E-state index contributed by atoms with van der Waals surface area (Å²) in [7, 11) is -1.22. The Kier molecular flexibility index (Phi) is 5.12. The topological polar surface area (TPSA) is 81.7 Å². The minimum atomic E-state index is -3.85. The number of hydrogen-bond donors (Lipinski definition) is 1. The van der Waals surface area contributed by atoms with E-state index in [9.17, 15) is 13.2 Å². The Balaban J connectivity index is 2.41. The summed E-state index contributed by atoms with van der Waals surface area (Å²) >= 11 is 5.75. The third-order valence-electron chi connectivity index (χ3n) is 2.99. The molecule has 0 amide bonds. The molecule has 0 aliphatic rings. The van der Waals surface area contributed by atoms with Crippen molar-refractivity contribution in [3.05, 3.63) is 53.1 Å². The molecule has 1 N–H and O–H groups in total. The predicted octanol–water partition coefficient (Wildman–Crippen LogP) is 2.94. The van der Waals surface area contributed by atoms with E-state index in [1.54, 1.807) is 0 Å². The van der Waals surface area contributed by atoms with Crippen LogP contribution in [0.15, 0.2) is 47.4 Å². The lowest BCUT2D eigenvalue weighted by Gasteiger charge is -2.13. The van der Waals surface area contributed by atoms with Gasteiger partial charge >= 0.3 is 5.97 Å². The lowest BCUT2D eigenvalue weighted by atomic mass is 10.2. The molecule has 122 valence electrons. The highest BCUT2D eigenvalue weighted by Crippen LogP contribution is 2.28. The van der Waals surface area contributed by atoms with E-state index in [1.165, 1.54) is 56.7 Å². The van der Waals surface area contributed by atoms with Crippen LogP contribution < -0.4 is 9.46 Å². The van der Waals surface area contributed by atoms with Crippen LogP contribution in [-0.2, 0) is 14.8 Å². The van der Waals surface area contributed by atoms with E-state index in [0.29, 0.717) is 5.02 Å². The number of carbonyl (C=O) groups is 1. The molecular formula is C15H14ClNO5S. The van der Waals surface area contributed by atoms with Gasteiger partial charge in [0.1, 0.15) is 5.75 Å². The number of sulfonamides is 1. The predicted molar refractivity (Wildman–Crippen MR) is 86.6 cm³/mol. The Morgan fingerprint density at radius 2 is 1.74 bits per heavy atom. The van der Waals surface area contributed by atoms with Crippen LogP contribution >= 0.6 is 11.6 Å². The van der Waals surface area contributed by atoms with E-state index >= 15 is 0 Å². The lowest BCUT2D eigenvalue weighted by molar-refractivity contribution is 0.0600. The van der Waals surface area contributed by atoms with E-state index in [4.69, 9.17) is 16.3 Å². The molecule has 2 aromatic rings. The van der Waals surface area contributed by atoms with Gasteiger partial charge in [0.2, 0.25) is 0 Å². The van der Waals surface area contributed by atoms with E-state index in [1.807, 2.05) is 0 Å². The van der Waals surface area contributed by atoms with Gasteiger partial charge in [-0.05, 0) is 42.5 Å². The van der Waals surface area contributed by atoms with Crippen LogP contribution in [0.3, 0.4) is 0 Å². The average molecular weight is 356 g/mol. The fourth-order valence-corrected chi connectivity index (χ4v) is 3.04. The average Bonchev–Trinajstić information content (AvgIpc) is 2.54. The summed E-state index contributed by atoms with van der Waals surface area (Å²) in [6, 6.07) is 9.99. The molecule has 8 heteroatoms. The first-order valence-electron chi connectivity index (χ1n) is 6.42. The van der Waals surface area contributed by atoms with Crippen molar-refractivity contribution >= 4 is 33.3 Å². The number of benzene rings is 2. The summed E-state index contributed by atoms with van der Waals surface area (Å²) in [6.45, 7) is 0. The summed E-state index contributed by atoms with van der Waals surface area (Å²) in [6.07, 6.45) is 0. The van der Waals surface area contributed by atoms with Gasteiger partial charge in [0.05, 0.1) is 30.4 Å². The van der Waals surface area contributed by atoms with E-state index < -0.39 is 16.0 Å². The zero-order chi connectivity index (χ0) is 17.0. The molecule has 6 nitrogen and oxygen atoms in total. The molecule has 0 spiro atoms. The first kappa shape index (κ1) is 17.1. The molecule has 0 atom stereocenters. The Morgan fingerprint density at radius 1 is 1.09 bits per heavy atom. The van der Waals surface area contributed by atoms with Crippen LogP contribution in [0.4, 0.5) is 5.69 Å². The van der Waals surface area contributed by atoms with Gasteiger partial charge in [-0.3, -0.25) is 4.72 Å². The third kappa shape index (κ3) is 3.94. The third-order valence-corrected chi connectivity index (χ3v) is 4.62. The van der Waals surface area contributed by atoms with Gasteiger partial charge in [-0.25, -0.2) is 13.2 Å². The van der Waals surface area contributed by atoms with Crippen LogP contribution in [0, 0.1) is 0 Å². The summed E-state index contributed by atoms with van der Waals surface area (Å²) in [5, 5.41) is 0.425. The molecule has 0 saturated heterocycles. The van der Waals surface area contributed by atoms with Crippen molar-refractivity contribution in [1.82, 2.24) is 0 Å². The fraction of sp³-hybridized carbons (Fsp3) is 0.133.